The molecule has 82 valence electrons. The third-order valence-electron chi connectivity index (χ3n) is 2.07. The fourth-order valence-electron chi connectivity index (χ4n) is 1.21. The van der Waals surface area contributed by atoms with Gasteiger partial charge in [-0.05, 0) is 43.3 Å². The molecule has 0 saturated heterocycles. The fourth-order valence-corrected chi connectivity index (χ4v) is 1.48. The standard InChI is InChI=1S/C12H11BrN2O/c1-9(12-3-2-8-16-12)14-15-11-6-4-10(13)5-7-11/h2-8,15H,1H3/b14-9+. The molecule has 1 aromatic carbocycles. The highest BCUT2D eigenvalue weighted by molar-refractivity contribution is 9.10. The Morgan fingerprint density at radius 1 is 1.25 bits per heavy atom. The van der Waals surface area contributed by atoms with Crippen LogP contribution in [0.5, 0.6) is 0 Å². The van der Waals surface area contributed by atoms with Crippen molar-refractivity contribution in [3.05, 3.63) is 52.9 Å². The van der Waals surface area contributed by atoms with Crippen molar-refractivity contribution in [3.8, 4) is 0 Å². The molecule has 1 aromatic heterocycles. The van der Waals surface area contributed by atoms with Gasteiger partial charge in [-0.2, -0.15) is 5.10 Å². The SMILES string of the molecule is C/C(=N\Nc1ccc(Br)cc1)c1ccco1. The van der Waals surface area contributed by atoms with E-state index >= 15 is 0 Å². The van der Waals surface area contributed by atoms with Crippen molar-refractivity contribution < 1.29 is 4.42 Å². The molecular formula is C12H11BrN2O. The van der Waals surface area contributed by atoms with Crippen molar-refractivity contribution in [1.29, 1.82) is 0 Å². The summed E-state index contributed by atoms with van der Waals surface area (Å²) in [6.07, 6.45) is 1.63. The lowest BCUT2D eigenvalue weighted by Gasteiger charge is -2.01. The smallest absolute Gasteiger partial charge is 0.149 e. The number of nitrogens with one attached hydrogen (secondary N) is 1. The number of hydrogen-bond donors (Lipinski definition) is 1. The van der Waals surface area contributed by atoms with Gasteiger partial charge in [-0.25, -0.2) is 0 Å². The number of halogens is 1. The quantitative estimate of drug-likeness (QED) is 0.684. The number of furan rings is 1. The summed E-state index contributed by atoms with van der Waals surface area (Å²) in [5, 5.41) is 4.22. The van der Waals surface area contributed by atoms with E-state index in [1.165, 1.54) is 0 Å². The van der Waals surface area contributed by atoms with E-state index in [1.807, 2.05) is 43.3 Å². The Kier molecular flexibility index (Phi) is 3.41. The molecule has 0 bridgehead atoms. The lowest BCUT2D eigenvalue weighted by atomic mass is 10.3. The zero-order valence-corrected chi connectivity index (χ0v) is 10.4. The van der Waals surface area contributed by atoms with Gasteiger partial charge in [0.1, 0.15) is 11.5 Å². The molecule has 1 N–H and O–H groups in total. The van der Waals surface area contributed by atoms with Crippen LogP contribution in [0.25, 0.3) is 0 Å². The maximum absolute atomic E-state index is 5.22. The van der Waals surface area contributed by atoms with Crippen LogP contribution in [0.3, 0.4) is 0 Å². The highest BCUT2D eigenvalue weighted by Gasteiger charge is 1.99. The average Bonchev–Trinajstić information content (AvgIpc) is 2.81. The van der Waals surface area contributed by atoms with E-state index in [-0.39, 0.29) is 0 Å². The molecule has 0 unspecified atom stereocenters. The summed E-state index contributed by atoms with van der Waals surface area (Å²) in [7, 11) is 0. The molecule has 1 heterocycles. The molecule has 16 heavy (non-hydrogen) atoms. The van der Waals surface area contributed by atoms with Gasteiger partial charge >= 0.3 is 0 Å². The molecule has 0 amide bonds. The molecule has 3 nitrogen and oxygen atoms in total. The van der Waals surface area contributed by atoms with Crippen molar-refractivity contribution in [2.45, 2.75) is 6.92 Å². The van der Waals surface area contributed by atoms with E-state index < -0.39 is 0 Å². The normalized spacial score (nSPS) is 11.5. The van der Waals surface area contributed by atoms with Crippen LogP contribution >= 0.6 is 15.9 Å². The summed E-state index contributed by atoms with van der Waals surface area (Å²) in [4.78, 5) is 0. The molecule has 0 atom stereocenters. The van der Waals surface area contributed by atoms with Crippen molar-refractivity contribution in [2.24, 2.45) is 5.10 Å². The Morgan fingerprint density at radius 3 is 2.62 bits per heavy atom. The van der Waals surface area contributed by atoms with Gasteiger partial charge in [-0.3, -0.25) is 5.43 Å². The van der Waals surface area contributed by atoms with Gasteiger partial charge < -0.3 is 4.42 Å². The van der Waals surface area contributed by atoms with Gasteiger partial charge in [0.2, 0.25) is 0 Å². The van der Waals surface area contributed by atoms with E-state index in [0.717, 1.165) is 21.6 Å². The molecule has 0 fully saturated rings. The Hall–Kier alpha value is -1.55. The minimum Gasteiger partial charge on any atom is -0.463 e. The van der Waals surface area contributed by atoms with Crippen LogP contribution in [0.2, 0.25) is 0 Å². The highest BCUT2D eigenvalue weighted by atomic mass is 79.9. The van der Waals surface area contributed by atoms with Crippen molar-refractivity contribution in [1.82, 2.24) is 0 Å². The molecule has 0 saturated carbocycles. The maximum atomic E-state index is 5.22. The molecule has 0 aliphatic carbocycles. The number of benzene rings is 1. The summed E-state index contributed by atoms with van der Waals surface area (Å²) < 4.78 is 6.27. The average molecular weight is 279 g/mol. The lowest BCUT2D eigenvalue weighted by Crippen LogP contribution is -1.97. The molecule has 0 aliphatic heterocycles. The molecule has 0 aliphatic rings. The van der Waals surface area contributed by atoms with Crippen molar-refractivity contribution >= 4 is 27.3 Å². The number of nitrogens with zero attached hydrogens (tertiary/aromatic N) is 1. The van der Waals surface area contributed by atoms with Gasteiger partial charge in [-0.1, -0.05) is 15.9 Å². The van der Waals surface area contributed by atoms with Gasteiger partial charge in [0, 0.05) is 4.47 Å². The van der Waals surface area contributed by atoms with Crippen molar-refractivity contribution in [2.75, 3.05) is 5.43 Å². The number of hydrazone groups is 1. The predicted molar refractivity (Wildman–Crippen MR) is 68.7 cm³/mol. The van der Waals surface area contributed by atoms with E-state index in [2.05, 4.69) is 26.5 Å². The molecule has 2 aromatic rings. The summed E-state index contributed by atoms with van der Waals surface area (Å²) in [5.41, 5.74) is 4.72. The summed E-state index contributed by atoms with van der Waals surface area (Å²) >= 11 is 3.38. The monoisotopic (exact) mass is 278 g/mol. The third-order valence-corrected chi connectivity index (χ3v) is 2.60. The molecule has 0 radical (unpaired) electrons. The lowest BCUT2D eigenvalue weighted by molar-refractivity contribution is 0.557. The van der Waals surface area contributed by atoms with Gasteiger partial charge in [0.15, 0.2) is 0 Å². The topological polar surface area (TPSA) is 37.5 Å². The Labute approximate surface area is 102 Å². The second-order valence-electron chi connectivity index (χ2n) is 3.29. The van der Waals surface area contributed by atoms with E-state index in [1.54, 1.807) is 6.26 Å². The number of anilines is 1. The zero-order valence-electron chi connectivity index (χ0n) is 8.77. The van der Waals surface area contributed by atoms with Gasteiger partial charge in [0.25, 0.3) is 0 Å². The van der Waals surface area contributed by atoms with Crippen LogP contribution in [-0.4, -0.2) is 5.71 Å². The van der Waals surface area contributed by atoms with Crippen LogP contribution in [0.4, 0.5) is 5.69 Å². The summed E-state index contributed by atoms with van der Waals surface area (Å²) in [6.45, 7) is 1.89. The molecule has 4 heteroatoms. The first-order chi connectivity index (χ1) is 7.75. The number of hydrogen-bond acceptors (Lipinski definition) is 3. The molecular weight excluding hydrogens is 268 g/mol. The molecule has 2 rings (SSSR count). The minimum atomic E-state index is 0.768. The third kappa shape index (κ3) is 2.73. The first kappa shape index (κ1) is 11.0. The fraction of sp³-hybridized carbons (Fsp3) is 0.0833. The predicted octanol–water partition coefficient (Wildman–Crippen LogP) is 3.88. The first-order valence-electron chi connectivity index (χ1n) is 4.85. The Morgan fingerprint density at radius 2 is 2.00 bits per heavy atom. The van der Waals surface area contributed by atoms with E-state index in [0.29, 0.717) is 0 Å². The highest BCUT2D eigenvalue weighted by Crippen LogP contribution is 2.14. The van der Waals surface area contributed by atoms with Crippen LogP contribution in [0.1, 0.15) is 12.7 Å². The van der Waals surface area contributed by atoms with Gasteiger partial charge in [0.05, 0.1) is 12.0 Å². The van der Waals surface area contributed by atoms with Crippen LogP contribution in [-0.2, 0) is 0 Å². The second kappa shape index (κ2) is 4.99. The van der Waals surface area contributed by atoms with Crippen LogP contribution in [0.15, 0.2) is 56.7 Å². The first-order valence-corrected chi connectivity index (χ1v) is 5.65. The Bertz CT molecular complexity index is 474. The number of rotatable bonds is 3. The van der Waals surface area contributed by atoms with E-state index in [9.17, 15) is 0 Å². The summed E-state index contributed by atoms with van der Waals surface area (Å²) in [5.74, 6) is 0.768. The zero-order chi connectivity index (χ0) is 11.4. The molecule has 0 spiro atoms. The Balaban J connectivity index is 2.06. The van der Waals surface area contributed by atoms with E-state index in [4.69, 9.17) is 4.42 Å². The summed E-state index contributed by atoms with van der Waals surface area (Å²) in [6, 6.07) is 11.5. The largest absolute Gasteiger partial charge is 0.463 e. The van der Waals surface area contributed by atoms with Gasteiger partial charge in [-0.15, -0.1) is 0 Å². The van der Waals surface area contributed by atoms with Crippen LogP contribution < -0.4 is 5.43 Å². The minimum absolute atomic E-state index is 0.768. The maximum Gasteiger partial charge on any atom is 0.149 e. The van der Waals surface area contributed by atoms with Crippen LogP contribution in [0, 0.1) is 0 Å². The van der Waals surface area contributed by atoms with Crippen molar-refractivity contribution in [3.63, 3.8) is 0 Å². The second-order valence-corrected chi connectivity index (χ2v) is 4.21.